The monoisotopic (exact) mass is 212 g/mol. The Labute approximate surface area is 95.9 Å². The maximum absolute atomic E-state index is 5.98. The maximum Gasteiger partial charge on any atom is 0.0393 e. The van der Waals surface area contributed by atoms with Gasteiger partial charge in [-0.3, -0.25) is 0 Å². The third-order valence-electron chi connectivity index (χ3n) is 2.94. The summed E-state index contributed by atoms with van der Waals surface area (Å²) in [7, 11) is 0. The standard InChI is InChI=1S/C14H16N2/c1-9-7-11(15)8-13(10(9)2)12-5-3-4-6-14(12)16/h3-8H,15-16H2,1-2H3. The second-order valence-electron chi connectivity index (χ2n) is 4.10. The summed E-state index contributed by atoms with van der Waals surface area (Å²) in [6.45, 7) is 4.16. The molecule has 2 nitrogen and oxygen atoms in total. The summed E-state index contributed by atoms with van der Waals surface area (Å²) in [5.74, 6) is 0. The first kappa shape index (κ1) is 10.6. The highest BCUT2D eigenvalue weighted by Gasteiger charge is 2.07. The lowest BCUT2D eigenvalue weighted by Crippen LogP contribution is -1.95. The van der Waals surface area contributed by atoms with Crippen LogP contribution in [0.1, 0.15) is 11.1 Å². The van der Waals surface area contributed by atoms with E-state index in [1.165, 1.54) is 11.1 Å². The summed E-state index contributed by atoms with van der Waals surface area (Å²) in [5.41, 5.74) is 18.0. The number of hydrogen-bond acceptors (Lipinski definition) is 2. The molecule has 0 amide bonds. The highest BCUT2D eigenvalue weighted by Crippen LogP contribution is 2.31. The predicted molar refractivity (Wildman–Crippen MR) is 70.2 cm³/mol. The molecule has 2 aromatic rings. The molecule has 16 heavy (non-hydrogen) atoms. The second-order valence-corrected chi connectivity index (χ2v) is 4.10. The van der Waals surface area contributed by atoms with Crippen LogP contribution >= 0.6 is 0 Å². The number of para-hydroxylation sites is 1. The van der Waals surface area contributed by atoms with Crippen LogP contribution in [0.15, 0.2) is 36.4 Å². The van der Waals surface area contributed by atoms with Gasteiger partial charge in [-0.05, 0) is 48.7 Å². The average Bonchev–Trinajstić information content (AvgIpc) is 2.24. The fourth-order valence-corrected chi connectivity index (χ4v) is 1.91. The van der Waals surface area contributed by atoms with E-state index in [2.05, 4.69) is 13.8 Å². The van der Waals surface area contributed by atoms with Crippen LogP contribution in [-0.2, 0) is 0 Å². The second kappa shape index (κ2) is 3.89. The van der Waals surface area contributed by atoms with Crippen LogP contribution in [-0.4, -0.2) is 0 Å². The Morgan fingerprint density at radius 2 is 1.56 bits per heavy atom. The molecule has 4 N–H and O–H groups in total. The van der Waals surface area contributed by atoms with Crippen LogP contribution in [0.5, 0.6) is 0 Å². The van der Waals surface area contributed by atoms with Gasteiger partial charge in [-0.25, -0.2) is 0 Å². The molecule has 0 bridgehead atoms. The Balaban J connectivity index is 2.69. The van der Waals surface area contributed by atoms with E-state index >= 15 is 0 Å². The number of anilines is 2. The van der Waals surface area contributed by atoms with Gasteiger partial charge in [-0.15, -0.1) is 0 Å². The van der Waals surface area contributed by atoms with Crippen molar-refractivity contribution in [3.05, 3.63) is 47.5 Å². The largest absolute Gasteiger partial charge is 0.399 e. The Bertz CT molecular complexity index is 530. The summed E-state index contributed by atoms with van der Waals surface area (Å²) in [6.07, 6.45) is 0. The van der Waals surface area contributed by atoms with Gasteiger partial charge in [-0.1, -0.05) is 18.2 Å². The summed E-state index contributed by atoms with van der Waals surface area (Å²) < 4.78 is 0. The first-order chi connectivity index (χ1) is 7.59. The van der Waals surface area contributed by atoms with Gasteiger partial charge < -0.3 is 11.5 Å². The Kier molecular flexibility index (Phi) is 2.57. The number of hydrogen-bond donors (Lipinski definition) is 2. The van der Waals surface area contributed by atoms with Gasteiger partial charge in [0.1, 0.15) is 0 Å². The van der Waals surface area contributed by atoms with E-state index in [1.807, 2.05) is 36.4 Å². The van der Waals surface area contributed by atoms with E-state index in [4.69, 9.17) is 11.5 Å². The van der Waals surface area contributed by atoms with E-state index in [9.17, 15) is 0 Å². The molecule has 82 valence electrons. The SMILES string of the molecule is Cc1cc(N)cc(-c2ccccc2N)c1C. The molecule has 0 aliphatic carbocycles. The quantitative estimate of drug-likeness (QED) is 0.713. The zero-order valence-corrected chi connectivity index (χ0v) is 9.62. The molecule has 0 aliphatic rings. The van der Waals surface area contributed by atoms with Crippen molar-refractivity contribution < 1.29 is 0 Å². The average molecular weight is 212 g/mol. The van der Waals surface area contributed by atoms with E-state index in [0.29, 0.717) is 0 Å². The Morgan fingerprint density at radius 1 is 0.875 bits per heavy atom. The highest BCUT2D eigenvalue weighted by atomic mass is 14.6. The molecule has 0 saturated heterocycles. The Morgan fingerprint density at radius 3 is 2.25 bits per heavy atom. The third kappa shape index (κ3) is 1.74. The minimum Gasteiger partial charge on any atom is -0.399 e. The minimum atomic E-state index is 0.779. The van der Waals surface area contributed by atoms with Crippen molar-refractivity contribution >= 4 is 11.4 Å². The van der Waals surface area contributed by atoms with Gasteiger partial charge in [0.2, 0.25) is 0 Å². The summed E-state index contributed by atoms with van der Waals surface area (Å²) in [6, 6.07) is 11.8. The van der Waals surface area contributed by atoms with Crippen molar-refractivity contribution in [2.24, 2.45) is 0 Å². The van der Waals surface area contributed by atoms with Crippen LogP contribution in [0.3, 0.4) is 0 Å². The molecule has 2 heteroatoms. The third-order valence-corrected chi connectivity index (χ3v) is 2.94. The fraction of sp³-hybridized carbons (Fsp3) is 0.143. The fourth-order valence-electron chi connectivity index (χ4n) is 1.91. The van der Waals surface area contributed by atoms with Gasteiger partial charge in [0.25, 0.3) is 0 Å². The minimum absolute atomic E-state index is 0.779. The molecule has 0 heterocycles. The van der Waals surface area contributed by atoms with Crippen LogP contribution in [0.25, 0.3) is 11.1 Å². The van der Waals surface area contributed by atoms with Gasteiger partial charge in [-0.2, -0.15) is 0 Å². The zero-order valence-electron chi connectivity index (χ0n) is 9.62. The first-order valence-corrected chi connectivity index (χ1v) is 5.31. The molecular weight excluding hydrogens is 196 g/mol. The molecule has 2 rings (SSSR count). The lowest BCUT2D eigenvalue weighted by molar-refractivity contribution is 1.34. The summed E-state index contributed by atoms with van der Waals surface area (Å²) >= 11 is 0. The van der Waals surface area contributed by atoms with E-state index in [0.717, 1.165) is 22.5 Å². The number of nitrogen functional groups attached to an aromatic ring is 2. The van der Waals surface area contributed by atoms with Crippen molar-refractivity contribution in [1.29, 1.82) is 0 Å². The van der Waals surface area contributed by atoms with Crippen LogP contribution in [0.4, 0.5) is 11.4 Å². The number of rotatable bonds is 1. The van der Waals surface area contributed by atoms with Crippen molar-refractivity contribution in [2.45, 2.75) is 13.8 Å². The predicted octanol–water partition coefficient (Wildman–Crippen LogP) is 3.13. The van der Waals surface area contributed by atoms with E-state index in [1.54, 1.807) is 0 Å². The van der Waals surface area contributed by atoms with Crippen LogP contribution in [0, 0.1) is 13.8 Å². The van der Waals surface area contributed by atoms with Gasteiger partial charge in [0, 0.05) is 16.9 Å². The topological polar surface area (TPSA) is 52.0 Å². The normalized spacial score (nSPS) is 10.4. The Hall–Kier alpha value is -1.96. The lowest BCUT2D eigenvalue weighted by atomic mass is 9.95. The van der Waals surface area contributed by atoms with Crippen molar-refractivity contribution in [2.75, 3.05) is 11.5 Å². The van der Waals surface area contributed by atoms with Crippen molar-refractivity contribution in [3.8, 4) is 11.1 Å². The van der Waals surface area contributed by atoms with Crippen molar-refractivity contribution in [3.63, 3.8) is 0 Å². The molecule has 0 spiro atoms. The maximum atomic E-state index is 5.98. The van der Waals surface area contributed by atoms with Gasteiger partial charge in [0.15, 0.2) is 0 Å². The number of nitrogens with two attached hydrogens (primary N) is 2. The number of benzene rings is 2. The molecule has 0 atom stereocenters. The molecule has 0 aromatic heterocycles. The van der Waals surface area contributed by atoms with E-state index in [-0.39, 0.29) is 0 Å². The van der Waals surface area contributed by atoms with Crippen LogP contribution in [0.2, 0.25) is 0 Å². The van der Waals surface area contributed by atoms with Gasteiger partial charge in [0.05, 0.1) is 0 Å². The molecular formula is C14H16N2. The molecule has 0 aliphatic heterocycles. The molecule has 0 unspecified atom stereocenters. The highest BCUT2D eigenvalue weighted by molar-refractivity contribution is 5.81. The first-order valence-electron chi connectivity index (χ1n) is 5.31. The molecule has 0 saturated carbocycles. The molecule has 2 aromatic carbocycles. The molecule has 0 fully saturated rings. The van der Waals surface area contributed by atoms with Crippen LogP contribution < -0.4 is 11.5 Å². The van der Waals surface area contributed by atoms with Gasteiger partial charge >= 0.3 is 0 Å². The summed E-state index contributed by atoms with van der Waals surface area (Å²) in [5, 5.41) is 0. The lowest BCUT2D eigenvalue weighted by Gasteiger charge is -2.12. The smallest absolute Gasteiger partial charge is 0.0393 e. The van der Waals surface area contributed by atoms with E-state index < -0.39 is 0 Å². The zero-order chi connectivity index (χ0) is 11.7. The molecule has 0 radical (unpaired) electrons. The number of aryl methyl sites for hydroxylation is 1. The van der Waals surface area contributed by atoms with Crippen molar-refractivity contribution in [1.82, 2.24) is 0 Å². The summed E-state index contributed by atoms with van der Waals surface area (Å²) in [4.78, 5) is 0.